The number of nitrogens with zero attached hydrogens (tertiary/aromatic N) is 2. The Morgan fingerprint density at radius 2 is 1.15 bits per heavy atom. The Kier molecular flexibility index (Phi) is 2.73. The van der Waals surface area contributed by atoms with Crippen molar-refractivity contribution < 1.29 is 19.2 Å². The fourth-order valence-corrected chi connectivity index (χ4v) is 3.82. The smallest absolute Gasteiger partial charge is 0.255 e. The molecule has 1 aliphatic carbocycles. The van der Waals surface area contributed by atoms with Gasteiger partial charge < -0.3 is 0 Å². The van der Waals surface area contributed by atoms with E-state index in [0.29, 0.717) is 9.75 Å². The summed E-state index contributed by atoms with van der Waals surface area (Å²) in [6.07, 6.45) is 0. The largest absolute Gasteiger partial charge is 0.292 e. The van der Waals surface area contributed by atoms with Crippen LogP contribution in [0, 0.1) is 0 Å². The number of carbonyl (C=O) groups excluding carboxylic acids is 4. The summed E-state index contributed by atoms with van der Waals surface area (Å²) >= 11 is 2.08. The third-order valence-electron chi connectivity index (χ3n) is 2.70. The van der Waals surface area contributed by atoms with Crippen LogP contribution in [0.3, 0.4) is 0 Å². The molecule has 0 amide bonds. The van der Waals surface area contributed by atoms with Gasteiger partial charge in [-0.15, -0.1) is 22.7 Å². The molecule has 6 nitrogen and oxygen atoms in total. The van der Waals surface area contributed by atoms with E-state index in [2.05, 4.69) is 9.97 Å². The second-order valence-electron chi connectivity index (χ2n) is 4.16. The molecule has 8 heteroatoms. The number of aromatic nitrogens is 2. The van der Waals surface area contributed by atoms with Gasteiger partial charge in [0.2, 0.25) is 0 Å². The molecule has 20 heavy (non-hydrogen) atoms. The van der Waals surface area contributed by atoms with Gasteiger partial charge in [0.25, 0.3) is 11.6 Å². The van der Waals surface area contributed by atoms with Crippen LogP contribution >= 0.6 is 22.7 Å². The molecular weight excluding hydrogens is 300 g/mol. The number of Topliss-reactive ketones (excluding diaryl/α,β-unsaturated/α-hetero) is 4. The molecule has 0 aromatic carbocycles. The molecule has 1 aliphatic rings. The Labute approximate surface area is 120 Å². The third-order valence-corrected chi connectivity index (χ3v) is 5.18. The van der Waals surface area contributed by atoms with Crippen LogP contribution in [0.4, 0.5) is 0 Å². The van der Waals surface area contributed by atoms with E-state index in [-0.39, 0.29) is 33.0 Å². The highest BCUT2D eigenvalue weighted by Crippen LogP contribution is 2.41. The number of thiazole rings is 2. The van der Waals surface area contributed by atoms with Gasteiger partial charge in [-0.3, -0.25) is 19.2 Å². The van der Waals surface area contributed by atoms with E-state index in [4.69, 9.17) is 0 Å². The van der Waals surface area contributed by atoms with E-state index in [1.165, 1.54) is 13.8 Å². The van der Waals surface area contributed by atoms with E-state index in [1.807, 2.05) is 0 Å². The maximum Gasteiger partial charge on any atom is 0.255 e. The van der Waals surface area contributed by atoms with Gasteiger partial charge in [-0.1, -0.05) is 0 Å². The molecule has 0 bridgehead atoms. The lowest BCUT2D eigenvalue weighted by molar-refractivity contribution is 0.0810. The lowest BCUT2D eigenvalue weighted by Gasteiger charge is -2.05. The monoisotopic (exact) mass is 306 g/mol. The summed E-state index contributed by atoms with van der Waals surface area (Å²) in [4.78, 5) is 55.4. The summed E-state index contributed by atoms with van der Waals surface area (Å²) in [5, 5.41) is 0.337. The zero-order chi connectivity index (χ0) is 14.6. The average molecular weight is 306 g/mol. The fourth-order valence-electron chi connectivity index (χ4n) is 1.77. The zero-order valence-electron chi connectivity index (χ0n) is 10.3. The second kappa shape index (κ2) is 4.22. The van der Waals surface area contributed by atoms with Crippen LogP contribution < -0.4 is 0 Å². The van der Waals surface area contributed by atoms with Gasteiger partial charge in [0.15, 0.2) is 21.6 Å². The minimum absolute atomic E-state index is 0.0172. The van der Waals surface area contributed by atoms with E-state index in [9.17, 15) is 19.2 Å². The number of hydrogen-bond donors (Lipinski definition) is 0. The molecule has 0 unspecified atom stereocenters. The Balaban J connectivity index is 2.30. The minimum Gasteiger partial charge on any atom is -0.292 e. The molecule has 2 aromatic rings. The second-order valence-corrected chi connectivity index (χ2v) is 6.16. The van der Waals surface area contributed by atoms with Gasteiger partial charge in [0, 0.05) is 13.8 Å². The number of hydrogen-bond acceptors (Lipinski definition) is 8. The Morgan fingerprint density at radius 1 is 0.800 bits per heavy atom. The van der Waals surface area contributed by atoms with Crippen molar-refractivity contribution in [3.05, 3.63) is 21.4 Å². The topological polar surface area (TPSA) is 94.1 Å². The van der Waals surface area contributed by atoms with Crippen molar-refractivity contribution >= 4 is 45.8 Å². The molecule has 0 saturated heterocycles. The van der Waals surface area contributed by atoms with Crippen molar-refractivity contribution in [1.29, 1.82) is 0 Å². The van der Waals surface area contributed by atoms with Gasteiger partial charge in [-0.2, -0.15) is 0 Å². The zero-order valence-corrected chi connectivity index (χ0v) is 12.0. The van der Waals surface area contributed by atoms with E-state index in [0.717, 1.165) is 22.7 Å². The summed E-state index contributed by atoms with van der Waals surface area (Å²) in [5.41, 5.74) is -0.0343. The van der Waals surface area contributed by atoms with Crippen LogP contribution in [0.25, 0.3) is 9.75 Å². The number of fused-ring (bicyclic) bond motifs is 3. The molecule has 0 fully saturated rings. The summed E-state index contributed by atoms with van der Waals surface area (Å²) in [5.74, 6) is -2.11. The number of ketones is 4. The predicted molar refractivity (Wildman–Crippen MR) is 71.9 cm³/mol. The number of carbonyl (C=O) groups is 4. The van der Waals surface area contributed by atoms with E-state index < -0.39 is 11.6 Å². The first-order valence-electron chi connectivity index (χ1n) is 5.53. The highest BCUT2D eigenvalue weighted by molar-refractivity contribution is 7.24. The summed E-state index contributed by atoms with van der Waals surface area (Å²) < 4.78 is 0. The van der Waals surface area contributed by atoms with Gasteiger partial charge in [0.05, 0.1) is 9.75 Å². The highest BCUT2D eigenvalue weighted by atomic mass is 32.1. The van der Waals surface area contributed by atoms with Gasteiger partial charge in [-0.25, -0.2) is 9.97 Å². The van der Waals surface area contributed by atoms with E-state index >= 15 is 0 Å². The minimum atomic E-state index is -0.781. The molecule has 0 N–H and O–H groups in total. The van der Waals surface area contributed by atoms with E-state index in [1.54, 1.807) is 0 Å². The van der Waals surface area contributed by atoms with Crippen LogP contribution in [0.1, 0.15) is 54.4 Å². The third kappa shape index (κ3) is 1.69. The summed E-state index contributed by atoms with van der Waals surface area (Å²) in [6.45, 7) is 2.68. The molecule has 2 aromatic heterocycles. The lowest BCUT2D eigenvalue weighted by Crippen LogP contribution is -2.20. The van der Waals surface area contributed by atoms with Gasteiger partial charge >= 0.3 is 0 Å². The maximum absolute atomic E-state index is 12.0. The van der Waals surface area contributed by atoms with Gasteiger partial charge in [0.1, 0.15) is 11.4 Å². The number of rotatable bonds is 2. The molecule has 0 atom stereocenters. The van der Waals surface area contributed by atoms with Crippen molar-refractivity contribution in [2.24, 2.45) is 0 Å². The SMILES string of the molecule is CC(=O)c1nc2c(s1)-c1sc(C(C)=O)nc1C(=O)C2=O. The normalized spacial score (nSPS) is 13.1. The molecule has 0 aliphatic heterocycles. The van der Waals surface area contributed by atoms with Crippen LogP contribution in [-0.4, -0.2) is 33.1 Å². The molecular formula is C12H6N2O4S2. The lowest BCUT2D eigenvalue weighted by atomic mass is 10.0. The summed E-state index contributed by atoms with van der Waals surface area (Å²) in [7, 11) is 0. The highest BCUT2D eigenvalue weighted by Gasteiger charge is 2.38. The maximum atomic E-state index is 12.0. The van der Waals surface area contributed by atoms with Crippen LogP contribution in [0.15, 0.2) is 0 Å². The van der Waals surface area contributed by atoms with Crippen molar-refractivity contribution in [1.82, 2.24) is 9.97 Å². The first kappa shape index (κ1) is 12.9. The Bertz CT molecular complexity index is 747. The quantitative estimate of drug-likeness (QED) is 0.622. The van der Waals surface area contributed by atoms with Crippen molar-refractivity contribution in [2.75, 3.05) is 0 Å². The van der Waals surface area contributed by atoms with Crippen LogP contribution in [-0.2, 0) is 0 Å². The van der Waals surface area contributed by atoms with Crippen molar-refractivity contribution in [3.63, 3.8) is 0 Å². The molecule has 0 saturated carbocycles. The molecule has 2 heterocycles. The predicted octanol–water partition coefficient (Wildman–Crippen LogP) is 2.05. The Hall–Kier alpha value is -2.06. The van der Waals surface area contributed by atoms with Crippen molar-refractivity contribution in [2.45, 2.75) is 13.8 Å². The first-order chi connectivity index (χ1) is 9.40. The van der Waals surface area contributed by atoms with Gasteiger partial charge in [-0.05, 0) is 0 Å². The standard InChI is InChI=1S/C12H6N2O4S2/c1-3(15)11-13-5-7(17)8(18)6-10(9(5)19-11)20-12(14-6)4(2)16/h1-2H3. The average Bonchev–Trinajstić information content (AvgIpc) is 2.99. The first-order valence-corrected chi connectivity index (χ1v) is 7.16. The van der Waals surface area contributed by atoms with Crippen LogP contribution in [0.5, 0.6) is 0 Å². The Morgan fingerprint density at radius 3 is 1.45 bits per heavy atom. The summed E-state index contributed by atoms with van der Waals surface area (Å²) in [6, 6.07) is 0. The molecule has 0 spiro atoms. The molecule has 100 valence electrons. The van der Waals surface area contributed by atoms with Crippen molar-refractivity contribution in [3.8, 4) is 9.75 Å². The molecule has 3 rings (SSSR count). The fraction of sp³-hybridized carbons (Fsp3) is 0.167. The molecule has 0 radical (unpaired) electrons. The van der Waals surface area contributed by atoms with Crippen LogP contribution in [0.2, 0.25) is 0 Å².